The number of aryl methyl sites for hydroxylation is 1. The second-order valence-electron chi connectivity index (χ2n) is 3.16. The summed E-state index contributed by atoms with van der Waals surface area (Å²) in [5, 5.41) is 17.2. The Balaban J connectivity index is 2.66. The number of phenolic OH excluding ortho intramolecular Hbond substituents is 1. The van der Waals surface area contributed by atoms with Crippen LogP contribution in [-0.4, -0.2) is 16.2 Å². The summed E-state index contributed by atoms with van der Waals surface area (Å²) < 4.78 is 25.6. The molecule has 0 aliphatic carbocycles. The Morgan fingerprint density at radius 1 is 1.27 bits per heavy atom. The Labute approximate surface area is 85.0 Å². The van der Waals surface area contributed by atoms with Crippen LogP contribution >= 0.6 is 0 Å². The van der Waals surface area contributed by atoms with Gasteiger partial charge >= 0.3 is 5.97 Å². The van der Waals surface area contributed by atoms with E-state index in [2.05, 4.69) is 0 Å². The lowest BCUT2D eigenvalue weighted by atomic mass is 10.1. The molecule has 15 heavy (non-hydrogen) atoms. The van der Waals surface area contributed by atoms with Crippen molar-refractivity contribution in [3.63, 3.8) is 0 Å². The van der Waals surface area contributed by atoms with Gasteiger partial charge in [-0.3, -0.25) is 4.79 Å². The molecular formula is C10H10F2O3. The van der Waals surface area contributed by atoms with Crippen molar-refractivity contribution in [1.82, 2.24) is 0 Å². The first-order chi connectivity index (χ1) is 7.00. The number of phenols is 1. The predicted octanol–water partition coefficient (Wildman–Crippen LogP) is 2.08. The summed E-state index contributed by atoms with van der Waals surface area (Å²) in [6.45, 7) is 0. The number of halogens is 2. The van der Waals surface area contributed by atoms with Crippen LogP contribution in [0.3, 0.4) is 0 Å². The molecule has 0 heterocycles. The average molecular weight is 216 g/mol. The number of benzene rings is 1. The molecule has 0 bridgehead atoms. The summed E-state index contributed by atoms with van der Waals surface area (Å²) >= 11 is 0. The molecule has 82 valence electrons. The van der Waals surface area contributed by atoms with Crippen LogP contribution in [0.25, 0.3) is 0 Å². The molecule has 0 aliphatic heterocycles. The number of rotatable bonds is 4. The summed E-state index contributed by atoms with van der Waals surface area (Å²) in [5.41, 5.74) is 0.337. The number of aromatic hydroxyl groups is 1. The number of aliphatic carboxylic acids is 1. The van der Waals surface area contributed by atoms with Gasteiger partial charge in [0.1, 0.15) is 0 Å². The van der Waals surface area contributed by atoms with Crippen molar-refractivity contribution >= 4 is 5.97 Å². The van der Waals surface area contributed by atoms with Crippen LogP contribution in [0.2, 0.25) is 0 Å². The lowest BCUT2D eigenvalue weighted by Crippen LogP contribution is -1.97. The Hall–Kier alpha value is -1.65. The highest BCUT2D eigenvalue weighted by Crippen LogP contribution is 2.22. The van der Waals surface area contributed by atoms with Gasteiger partial charge in [0.15, 0.2) is 17.4 Å². The number of carboxylic acid groups (broad SMARTS) is 1. The van der Waals surface area contributed by atoms with E-state index in [9.17, 15) is 13.6 Å². The zero-order chi connectivity index (χ0) is 11.4. The van der Waals surface area contributed by atoms with Gasteiger partial charge in [0, 0.05) is 6.42 Å². The van der Waals surface area contributed by atoms with Crippen molar-refractivity contribution in [2.75, 3.05) is 0 Å². The first kappa shape index (κ1) is 11.4. The van der Waals surface area contributed by atoms with Crippen LogP contribution in [0.4, 0.5) is 8.78 Å². The van der Waals surface area contributed by atoms with E-state index in [0.717, 1.165) is 12.1 Å². The Bertz CT molecular complexity index is 354. The first-order valence-electron chi connectivity index (χ1n) is 4.39. The minimum Gasteiger partial charge on any atom is -0.503 e. The molecule has 0 spiro atoms. The van der Waals surface area contributed by atoms with Gasteiger partial charge in [0.25, 0.3) is 0 Å². The second-order valence-corrected chi connectivity index (χ2v) is 3.16. The molecule has 2 N–H and O–H groups in total. The van der Waals surface area contributed by atoms with Gasteiger partial charge in [-0.2, -0.15) is 0 Å². The van der Waals surface area contributed by atoms with Gasteiger partial charge < -0.3 is 10.2 Å². The molecule has 0 amide bonds. The third kappa shape index (κ3) is 3.19. The highest BCUT2D eigenvalue weighted by atomic mass is 19.1. The van der Waals surface area contributed by atoms with E-state index in [1.54, 1.807) is 0 Å². The number of carboxylic acids is 1. The van der Waals surface area contributed by atoms with Gasteiger partial charge in [-0.05, 0) is 30.5 Å². The van der Waals surface area contributed by atoms with E-state index in [-0.39, 0.29) is 12.8 Å². The molecule has 0 saturated heterocycles. The minimum absolute atomic E-state index is 0.0515. The minimum atomic E-state index is -1.03. The van der Waals surface area contributed by atoms with E-state index in [1.807, 2.05) is 0 Å². The van der Waals surface area contributed by atoms with Crippen molar-refractivity contribution in [3.8, 4) is 5.75 Å². The number of hydrogen-bond acceptors (Lipinski definition) is 2. The molecule has 0 saturated carbocycles. The molecule has 1 aromatic carbocycles. The van der Waals surface area contributed by atoms with Gasteiger partial charge in [-0.1, -0.05) is 0 Å². The van der Waals surface area contributed by atoms with Crippen LogP contribution in [0, 0.1) is 11.6 Å². The molecule has 3 nitrogen and oxygen atoms in total. The smallest absolute Gasteiger partial charge is 0.303 e. The number of carbonyl (C=O) groups is 1. The fraction of sp³-hybridized carbons (Fsp3) is 0.300. The zero-order valence-electron chi connectivity index (χ0n) is 7.83. The SMILES string of the molecule is O=C(O)CCCc1cc(F)c(O)c(F)c1. The summed E-state index contributed by atoms with van der Waals surface area (Å²) in [5.74, 6) is -4.01. The molecule has 0 aliphatic rings. The zero-order valence-corrected chi connectivity index (χ0v) is 7.83. The van der Waals surface area contributed by atoms with Crippen molar-refractivity contribution in [3.05, 3.63) is 29.3 Å². The molecule has 0 fully saturated rings. The van der Waals surface area contributed by atoms with E-state index in [0.29, 0.717) is 12.0 Å². The fourth-order valence-corrected chi connectivity index (χ4v) is 1.21. The third-order valence-corrected chi connectivity index (χ3v) is 1.93. The monoisotopic (exact) mass is 216 g/mol. The molecule has 5 heteroatoms. The van der Waals surface area contributed by atoms with Crippen LogP contribution in [0.5, 0.6) is 5.75 Å². The van der Waals surface area contributed by atoms with Crippen molar-refractivity contribution in [2.24, 2.45) is 0 Å². The third-order valence-electron chi connectivity index (χ3n) is 1.93. The first-order valence-corrected chi connectivity index (χ1v) is 4.39. The summed E-state index contributed by atoms with van der Waals surface area (Å²) in [6, 6.07) is 2.00. The molecule has 0 atom stereocenters. The van der Waals surface area contributed by atoms with Crippen LogP contribution in [0.15, 0.2) is 12.1 Å². The van der Waals surface area contributed by atoms with Gasteiger partial charge in [0.05, 0.1) is 0 Å². The van der Waals surface area contributed by atoms with Crippen molar-refractivity contribution < 1.29 is 23.8 Å². The molecule has 0 radical (unpaired) electrons. The van der Waals surface area contributed by atoms with Crippen molar-refractivity contribution in [1.29, 1.82) is 0 Å². The van der Waals surface area contributed by atoms with E-state index in [4.69, 9.17) is 10.2 Å². The van der Waals surface area contributed by atoms with E-state index >= 15 is 0 Å². The average Bonchev–Trinajstić information content (AvgIpc) is 2.13. The normalized spacial score (nSPS) is 10.3. The van der Waals surface area contributed by atoms with Gasteiger partial charge in [0.2, 0.25) is 0 Å². The highest BCUT2D eigenvalue weighted by Gasteiger charge is 2.09. The lowest BCUT2D eigenvalue weighted by Gasteiger charge is -2.02. The molecule has 0 unspecified atom stereocenters. The molecular weight excluding hydrogens is 206 g/mol. The molecule has 0 aromatic heterocycles. The maximum Gasteiger partial charge on any atom is 0.303 e. The Morgan fingerprint density at radius 2 is 1.80 bits per heavy atom. The van der Waals surface area contributed by atoms with Crippen LogP contribution in [-0.2, 0) is 11.2 Å². The molecule has 1 aromatic rings. The summed E-state index contributed by atoms with van der Waals surface area (Å²) in [6.07, 6.45) is 0.517. The van der Waals surface area contributed by atoms with Crippen LogP contribution in [0.1, 0.15) is 18.4 Å². The number of hydrogen-bond donors (Lipinski definition) is 2. The Morgan fingerprint density at radius 3 is 2.27 bits per heavy atom. The maximum atomic E-state index is 12.8. The van der Waals surface area contributed by atoms with E-state index in [1.165, 1.54) is 0 Å². The van der Waals surface area contributed by atoms with Crippen molar-refractivity contribution in [2.45, 2.75) is 19.3 Å². The van der Waals surface area contributed by atoms with E-state index < -0.39 is 23.4 Å². The standard InChI is InChI=1S/C10H10F2O3/c11-7-4-6(2-1-3-9(13)14)5-8(12)10(7)15/h4-5,15H,1-3H2,(H,13,14). The predicted molar refractivity (Wildman–Crippen MR) is 48.6 cm³/mol. The topological polar surface area (TPSA) is 57.5 Å². The Kier molecular flexibility index (Phi) is 3.60. The quantitative estimate of drug-likeness (QED) is 0.810. The van der Waals surface area contributed by atoms with Crippen LogP contribution < -0.4 is 0 Å². The summed E-state index contributed by atoms with van der Waals surface area (Å²) in [4.78, 5) is 10.2. The highest BCUT2D eigenvalue weighted by molar-refractivity contribution is 5.66. The second kappa shape index (κ2) is 4.72. The van der Waals surface area contributed by atoms with Gasteiger partial charge in [-0.25, -0.2) is 8.78 Å². The fourth-order valence-electron chi connectivity index (χ4n) is 1.21. The maximum absolute atomic E-state index is 12.8. The summed E-state index contributed by atoms with van der Waals surface area (Å²) in [7, 11) is 0. The van der Waals surface area contributed by atoms with Gasteiger partial charge in [-0.15, -0.1) is 0 Å². The lowest BCUT2D eigenvalue weighted by molar-refractivity contribution is -0.137. The molecule has 1 rings (SSSR count). The largest absolute Gasteiger partial charge is 0.503 e.